The summed E-state index contributed by atoms with van der Waals surface area (Å²) >= 11 is 3.39. The van der Waals surface area contributed by atoms with Crippen LogP contribution < -0.4 is 5.32 Å². The van der Waals surface area contributed by atoms with Crippen molar-refractivity contribution in [1.29, 1.82) is 0 Å². The van der Waals surface area contributed by atoms with E-state index in [4.69, 9.17) is 0 Å². The van der Waals surface area contributed by atoms with Crippen LogP contribution in [0.2, 0.25) is 0 Å². The van der Waals surface area contributed by atoms with Crippen LogP contribution in [0.1, 0.15) is 0 Å². The molecular weight excluding hydrogens is 336 g/mol. The van der Waals surface area contributed by atoms with Gasteiger partial charge in [-0.3, -0.25) is 10.1 Å². The number of halogens is 1. The van der Waals surface area contributed by atoms with Gasteiger partial charge < -0.3 is 5.32 Å². The molecule has 0 amide bonds. The first kappa shape index (κ1) is 13.4. The van der Waals surface area contributed by atoms with Crippen molar-refractivity contribution in [2.24, 2.45) is 0 Å². The average Bonchev–Trinajstić information content (AvgIpc) is 2.47. The smallest absolute Gasteiger partial charge is 0.295 e. The Labute approximate surface area is 128 Å². The Bertz CT molecular complexity index is 838. The van der Waals surface area contributed by atoms with Crippen molar-refractivity contribution in [3.63, 3.8) is 0 Å². The molecule has 0 spiro atoms. The Balaban J connectivity index is 2.11. The van der Waals surface area contributed by atoms with Crippen molar-refractivity contribution in [3.8, 4) is 0 Å². The predicted molar refractivity (Wildman–Crippen MR) is 83.6 cm³/mol. The van der Waals surface area contributed by atoms with Gasteiger partial charge in [0.25, 0.3) is 5.69 Å². The molecule has 21 heavy (non-hydrogen) atoms. The van der Waals surface area contributed by atoms with E-state index in [2.05, 4.69) is 31.2 Å². The van der Waals surface area contributed by atoms with Crippen molar-refractivity contribution in [2.75, 3.05) is 5.32 Å². The molecule has 0 unspecified atom stereocenters. The standard InChI is InChI=1S/C14H9BrN4O2/c15-9-3-1-4-10(7-9)18-14-11-5-2-6-12(19(20)21)13(11)16-8-17-14/h1-8H,(H,16,17,18). The van der Waals surface area contributed by atoms with Crippen LogP contribution in [0.3, 0.4) is 0 Å². The molecule has 0 aliphatic rings. The molecule has 3 aromatic rings. The van der Waals surface area contributed by atoms with E-state index in [9.17, 15) is 10.1 Å². The van der Waals surface area contributed by atoms with Crippen LogP contribution in [0, 0.1) is 10.1 Å². The Morgan fingerprint density at radius 1 is 1.14 bits per heavy atom. The summed E-state index contributed by atoms with van der Waals surface area (Å²) < 4.78 is 0.928. The largest absolute Gasteiger partial charge is 0.340 e. The van der Waals surface area contributed by atoms with E-state index in [1.54, 1.807) is 12.1 Å². The number of aromatic nitrogens is 2. The summed E-state index contributed by atoms with van der Waals surface area (Å²) in [5.74, 6) is 0.529. The van der Waals surface area contributed by atoms with Crippen LogP contribution in [0.25, 0.3) is 10.9 Å². The molecule has 6 nitrogen and oxygen atoms in total. The molecule has 0 atom stereocenters. The minimum atomic E-state index is -0.446. The summed E-state index contributed by atoms with van der Waals surface area (Å²) in [6, 6.07) is 12.4. The number of fused-ring (bicyclic) bond motifs is 1. The highest BCUT2D eigenvalue weighted by Crippen LogP contribution is 2.29. The van der Waals surface area contributed by atoms with E-state index < -0.39 is 4.92 Å². The third-order valence-electron chi connectivity index (χ3n) is 2.93. The Morgan fingerprint density at radius 2 is 1.95 bits per heavy atom. The number of hydrogen-bond donors (Lipinski definition) is 1. The second-order valence-electron chi connectivity index (χ2n) is 4.29. The fraction of sp³-hybridized carbons (Fsp3) is 0. The van der Waals surface area contributed by atoms with Crippen molar-refractivity contribution < 1.29 is 4.92 Å². The second kappa shape index (κ2) is 5.45. The van der Waals surface area contributed by atoms with Gasteiger partial charge in [0.05, 0.1) is 10.3 Å². The third-order valence-corrected chi connectivity index (χ3v) is 3.42. The molecule has 0 fully saturated rings. The lowest BCUT2D eigenvalue weighted by atomic mass is 10.2. The van der Waals surface area contributed by atoms with Gasteiger partial charge in [-0.05, 0) is 24.3 Å². The number of nitrogens with one attached hydrogen (secondary N) is 1. The molecule has 3 rings (SSSR count). The maximum atomic E-state index is 11.0. The average molecular weight is 345 g/mol. The summed E-state index contributed by atoms with van der Waals surface area (Å²) in [5.41, 5.74) is 1.11. The van der Waals surface area contributed by atoms with Crippen molar-refractivity contribution in [3.05, 3.63) is 63.4 Å². The summed E-state index contributed by atoms with van der Waals surface area (Å²) in [5, 5.41) is 14.8. The van der Waals surface area contributed by atoms with Crippen molar-refractivity contribution >= 4 is 44.0 Å². The molecule has 0 aliphatic heterocycles. The number of nitrogens with zero attached hydrogens (tertiary/aromatic N) is 3. The molecule has 0 saturated carbocycles. The molecule has 1 aromatic heterocycles. The van der Waals surface area contributed by atoms with Gasteiger partial charge in [-0.25, -0.2) is 9.97 Å². The van der Waals surface area contributed by atoms with Crippen LogP contribution in [-0.2, 0) is 0 Å². The van der Waals surface area contributed by atoms with Gasteiger partial charge in [0.1, 0.15) is 12.1 Å². The number of para-hydroxylation sites is 1. The fourth-order valence-electron chi connectivity index (χ4n) is 2.02. The molecular formula is C14H9BrN4O2. The lowest BCUT2D eigenvalue weighted by Gasteiger charge is -2.08. The second-order valence-corrected chi connectivity index (χ2v) is 5.20. The van der Waals surface area contributed by atoms with Gasteiger partial charge >= 0.3 is 0 Å². The van der Waals surface area contributed by atoms with Gasteiger partial charge in [-0.1, -0.05) is 28.1 Å². The molecule has 1 heterocycles. The molecule has 7 heteroatoms. The van der Waals surface area contributed by atoms with E-state index in [0.29, 0.717) is 16.7 Å². The highest BCUT2D eigenvalue weighted by atomic mass is 79.9. The zero-order valence-electron chi connectivity index (χ0n) is 10.7. The maximum Gasteiger partial charge on any atom is 0.295 e. The van der Waals surface area contributed by atoms with Crippen molar-refractivity contribution in [1.82, 2.24) is 9.97 Å². The lowest BCUT2D eigenvalue weighted by molar-refractivity contribution is -0.383. The number of non-ortho nitro benzene ring substituents is 1. The van der Waals surface area contributed by atoms with Gasteiger partial charge in [-0.2, -0.15) is 0 Å². The quantitative estimate of drug-likeness (QED) is 0.572. The molecule has 0 aliphatic carbocycles. The molecule has 0 saturated heterocycles. The molecule has 0 radical (unpaired) electrons. The SMILES string of the molecule is O=[N+]([O-])c1cccc2c(Nc3cccc(Br)c3)ncnc12. The monoisotopic (exact) mass is 344 g/mol. The maximum absolute atomic E-state index is 11.0. The molecule has 2 aromatic carbocycles. The van der Waals surface area contributed by atoms with Crippen LogP contribution in [0.15, 0.2) is 53.3 Å². The Morgan fingerprint density at radius 3 is 2.71 bits per heavy atom. The number of benzene rings is 2. The molecule has 104 valence electrons. The van der Waals surface area contributed by atoms with E-state index in [-0.39, 0.29) is 5.69 Å². The summed E-state index contributed by atoms with van der Waals surface area (Å²) in [7, 11) is 0. The van der Waals surface area contributed by atoms with Crippen LogP contribution in [0.4, 0.5) is 17.2 Å². The number of hydrogen-bond acceptors (Lipinski definition) is 5. The molecule has 1 N–H and O–H groups in total. The lowest BCUT2D eigenvalue weighted by Crippen LogP contribution is -1.98. The summed E-state index contributed by atoms with van der Waals surface area (Å²) in [6.45, 7) is 0. The number of anilines is 2. The minimum Gasteiger partial charge on any atom is -0.340 e. The highest BCUT2D eigenvalue weighted by molar-refractivity contribution is 9.10. The van der Waals surface area contributed by atoms with Gasteiger partial charge in [-0.15, -0.1) is 0 Å². The van der Waals surface area contributed by atoms with Crippen LogP contribution >= 0.6 is 15.9 Å². The van der Waals surface area contributed by atoms with E-state index in [0.717, 1.165) is 10.2 Å². The fourth-order valence-corrected chi connectivity index (χ4v) is 2.42. The summed E-state index contributed by atoms with van der Waals surface area (Å²) in [4.78, 5) is 18.8. The Hall–Kier alpha value is -2.54. The van der Waals surface area contributed by atoms with Gasteiger partial charge in [0.2, 0.25) is 0 Å². The number of nitro benzene ring substituents is 1. The van der Waals surface area contributed by atoms with E-state index in [1.807, 2.05) is 24.3 Å². The first-order chi connectivity index (χ1) is 10.1. The van der Waals surface area contributed by atoms with Crippen LogP contribution in [0.5, 0.6) is 0 Å². The highest BCUT2D eigenvalue weighted by Gasteiger charge is 2.15. The van der Waals surface area contributed by atoms with Gasteiger partial charge in [0, 0.05) is 16.2 Å². The molecule has 0 bridgehead atoms. The number of rotatable bonds is 3. The predicted octanol–water partition coefficient (Wildman–Crippen LogP) is 4.04. The van der Waals surface area contributed by atoms with E-state index in [1.165, 1.54) is 12.4 Å². The topological polar surface area (TPSA) is 81.0 Å². The van der Waals surface area contributed by atoms with Crippen LogP contribution in [-0.4, -0.2) is 14.9 Å². The summed E-state index contributed by atoms with van der Waals surface area (Å²) in [6.07, 6.45) is 1.32. The zero-order valence-corrected chi connectivity index (χ0v) is 12.2. The third kappa shape index (κ3) is 2.68. The minimum absolute atomic E-state index is 0.0350. The first-order valence-electron chi connectivity index (χ1n) is 6.06. The van der Waals surface area contributed by atoms with E-state index >= 15 is 0 Å². The zero-order chi connectivity index (χ0) is 14.8. The Kier molecular flexibility index (Phi) is 3.49. The first-order valence-corrected chi connectivity index (χ1v) is 6.85. The normalized spacial score (nSPS) is 10.5. The number of nitro groups is 1. The van der Waals surface area contributed by atoms with Gasteiger partial charge in [0.15, 0.2) is 5.52 Å². The van der Waals surface area contributed by atoms with Crippen molar-refractivity contribution in [2.45, 2.75) is 0 Å².